The summed E-state index contributed by atoms with van der Waals surface area (Å²) in [5, 5.41) is 3.05. The normalized spacial score (nSPS) is 20.5. The second-order valence-electron chi connectivity index (χ2n) is 4.33. The Kier molecular flexibility index (Phi) is 3.86. The maximum Gasteiger partial charge on any atom is 0.152 e. The van der Waals surface area contributed by atoms with Gasteiger partial charge in [-0.3, -0.25) is 4.90 Å². The van der Waals surface area contributed by atoms with Gasteiger partial charge in [0.25, 0.3) is 0 Å². The second kappa shape index (κ2) is 5.20. The van der Waals surface area contributed by atoms with Crippen LogP contribution in [0.3, 0.4) is 0 Å². The maximum absolute atomic E-state index is 11.3. The fourth-order valence-electron chi connectivity index (χ4n) is 1.97. The van der Waals surface area contributed by atoms with Crippen molar-refractivity contribution in [1.29, 1.82) is 0 Å². The van der Waals surface area contributed by atoms with Gasteiger partial charge in [-0.15, -0.1) is 0 Å². The van der Waals surface area contributed by atoms with E-state index in [-0.39, 0.29) is 11.5 Å². The molecule has 6 heteroatoms. The van der Waals surface area contributed by atoms with Crippen LogP contribution in [-0.4, -0.2) is 45.0 Å². The van der Waals surface area contributed by atoms with Crippen molar-refractivity contribution in [2.45, 2.75) is 13.1 Å². The number of sulfone groups is 1. The van der Waals surface area contributed by atoms with Gasteiger partial charge in [0, 0.05) is 25.2 Å². The van der Waals surface area contributed by atoms with Crippen LogP contribution in [0.25, 0.3) is 0 Å². The topological polar surface area (TPSA) is 62.6 Å². The van der Waals surface area contributed by atoms with E-state index in [1.54, 1.807) is 6.26 Å². The van der Waals surface area contributed by atoms with E-state index in [1.165, 1.54) is 0 Å². The van der Waals surface area contributed by atoms with Gasteiger partial charge in [0.05, 0.1) is 24.3 Å². The van der Waals surface area contributed by atoms with E-state index in [0.717, 1.165) is 17.9 Å². The Labute approximate surface area is 102 Å². The summed E-state index contributed by atoms with van der Waals surface area (Å²) >= 11 is 0. The molecule has 2 rings (SSSR count). The molecule has 1 aliphatic heterocycles. The monoisotopic (exact) mass is 258 g/mol. The molecule has 0 unspecified atom stereocenters. The Hall–Kier alpha value is -0.850. The van der Waals surface area contributed by atoms with Crippen LogP contribution in [0.5, 0.6) is 0 Å². The van der Waals surface area contributed by atoms with Gasteiger partial charge in [-0.2, -0.15) is 0 Å². The average molecular weight is 258 g/mol. The number of hydrogen-bond donors (Lipinski definition) is 1. The summed E-state index contributed by atoms with van der Waals surface area (Å²) in [5.74, 6) is 1.47. The largest absolute Gasteiger partial charge is 0.468 e. The van der Waals surface area contributed by atoms with Crippen LogP contribution < -0.4 is 5.32 Å². The van der Waals surface area contributed by atoms with E-state index in [4.69, 9.17) is 4.42 Å². The molecular weight excluding hydrogens is 240 g/mol. The molecule has 2 heterocycles. The van der Waals surface area contributed by atoms with E-state index in [2.05, 4.69) is 10.2 Å². The minimum atomic E-state index is -2.79. The van der Waals surface area contributed by atoms with Crippen LogP contribution in [0.4, 0.5) is 0 Å². The van der Waals surface area contributed by atoms with Crippen molar-refractivity contribution in [3.8, 4) is 0 Å². The molecule has 5 nitrogen and oxygen atoms in total. The van der Waals surface area contributed by atoms with Gasteiger partial charge < -0.3 is 9.73 Å². The minimum Gasteiger partial charge on any atom is -0.468 e. The Balaban J connectivity index is 1.95. The highest BCUT2D eigenvalue weighted by atomic mass is 32.2. The molecule has 17 heavy (non-hydrogen) atoms. The highest BCUT2D eigenvalue weighted by Gasteiger charge is 2.22. The van der Waals surface area contributed by atoms with E-state index >= 15 is 0 Å². The predicted molar refractivity (Wildman–Crippen MR) is 65.4 cm³/mol. The van der Waals surface area contributed by atoms with Crippen LogP contribution >= 0.6 is 0 Å². The molecule has 0 saturated carbocycles. The van der Waals surface area contributed by atoms with Gasteiger partial charge in [0.1, 0.15) is 5.76 Å². The lowest BCUT2D eigenvalue weighted by Gasteiger charge is -2.26. The van der Waals surface area contributed by atoms with Gasteiger partial charge in [-0.1, -0.05) is 0 Å². The van der Waals surface area contributed by atoms with Crippen molar-refractivity contribution in [3.05, 3.63) is 23.7 Å². The van der Waals surface area contributed by atoms with Crippen molar-refractivity contribution in [2.75, 3.05) is 31.6 Å². The summed E-state index contributed by atoms with van der Waals surface area (Å²) in [6.07, 6.45) is 1.68. The van der Waals surface area contributed by atoms with Crippen LogP contribution in [0, 0.1) is 0 Å². The zero-order valence-corrected chi connectivity index (χ0v) is 10.8. The van der Waals surface area contributed by atoms with Crippen LogP contribution in [0.1, 0.15) is 11.3 Å². The highest BCUT2D eigenvalue weighted by molar-refractivity contribution is 7.91. The molecule has 0 aliphatic carbocycles. The fraction of sp³-hybridized carbons (Fsp3) is 0.636. The lowest BCUT2D eigenvalue weighted by atomic mass is 10.2. The van der Waals surface area contributed by atoms with Crippen molar-refractivity contribution >= 4 is 9.84 Å². The molecule has 0 bridgehead atoms. The highest BCUT2D eigenvalue weighted by Crippen LogP contribution is 2.15. The number of furan rings is 1. The number of nitrogens with zero attached hydrogens (tertiary/aromatic N) is 1. The van der Waals surface area contributed by atoms with Gasteiger partial charge in [0.2, 0.25) is 0 Å². The summed E-state index contributed by atoms with van der Waals surface area (Å²) in [5.41, 5.74) is 1.14. The zero-order chi connectivity index (χ0) is 12.3. The molecule has 0 spiro atoms. The molecule has 1 N–H and O–H groups in total. The SMILES string of the molecule is CNCc1occc1CN1CCS(=O)(=O)CC1. The van der Waals surface area contributed by atoms with Gasteiger partial charge in [0.15, 0.2) is 9.84 Å². The molecule has 0 atom stereocenters. The summed E-state index contributed by atoms with van der Waals surface area (Å²) in [4.78, 5) is 2.16. The third-order valence-corrected chi connectivity index (χ3v) is 4.62. The van der Waals surface area contributed by atoms with E-state index in [0.29, 0.717) is 19.6 Å². The standard InChI is InChI=1S/C11H18N2O3S/c1-12-8-11-10(2-5-16-11)9-13-3-6-17(14,15)7-4-13/h2,5,12H,3-4,6-9H2,1H3. The molecule has 1 aromatic rings. The first-order valence-electron chi connectivity index (χ1n) is 5.73. The molecule has 1 aliphatic rings. The first-order valence-corrected chi connectivity index (χ1v) is 7.55. The number of nitrogens with one attached hydrogen (secondary N) is 1. The molecule has 1 aromatic heterocycles. The minimum absolute atomic E-state index is 0.270. The summed E-state index contributed by atoms with van der Waals surface area (Å²) in [6, 6.07) is 1.95. The first kappa shape index (κ1) is 12.6. The number of rotatable bonds is 4. The van der Waals surface area contributed by atoms with Gasteiger partial charge in [-0.05, 0) is 13.1 Å². The van der Waals surface area contributed by atoms with Crippen LogP contribution in [0.15, 0.2) is 16.7 Å². The zero-order valence-electron chi connectivity index (χ0n) is 9.98. The van der Waals surface area contributed by atoms with Crippen molar-refractivity contribution in [3.63, 3.8) is 0 Å². The third kappa shape index (κ3) is 3.31. The Bertz CT molecular complexity index is 453. The van der Waals surface area contributed by atoms with Gasteiger partial charge in [-0.25, -0.2) is 8.42 Å². The lowest BCUT2D eigenvalue weighted by Crippen LogP contribution is -2.39. The fourth-order valence-corrected chi connectivity index (χ4v) is 3.25. The molecule has 1 fully saturated rings. The molecule has 1 saturated heterocycles. The lowest BCUT2D eigenvalue weighted by molar-refractivity contribution is 0.284. The Morgan fingerprint density at radius 1 is 1.41 bits per heavy atom. The maximum atomic E-state index is 11.3. The summed E-state index contributed by atoms with van der Waals surface area (Å²) < 4.78 is 28.0. The first-order chi connectivity index (χ1) is 8.11. The third-order valence-electron chi connectivity index (χ3n) is 3.01. The summed E-state index contributed by atoms with van der Waals surface area (Å²) in [6.45, 7) is 2.70. The van der Waals surface area contributed by atoms with Crippen molar-refractivity contribution < 1.29 is 12.8 Å². The van der Waals surface area contributed by atoms with Gasteiger partial charge >= 0.3 is 0 Å². The van der Waals surface area contributed by atoms with E-state index in [1.807, 2.05) is 13.1 Å². The average Bonchev–Trinajstić information content (AvgIpc) is 2.70. The van der Waals surface area contributed by atoms with Crippen LogP contribution in [0.2, 0.25) is 0 Å². The molecule has 0 amide bonds. The molecular formula is C11H18N2O3S. The van der Waals surface area contributed by atoms with Crippen molar-refractivity contribution in [2.24, 2.45) is 0 Å². The molecule has 0 aromatic carbocycles. The Morgan fingerprint density at radius 2 is 2.12 bits per heavy atom. The van der Waals surface area contributed by atoms with Crippen molar-refractivity contribution in [1.82, 2.24) is 10.2 Å². The summed E-state index contributed by atoms with van der Waals surface area (Å²) in [7, 11) is -0.918. The van der Waals surface area contributed by atoms with E-state index < -0.39 is 9.84 Å². The molecule has 96 valence electrons. The van der Waals surface area contributed by atoms with E-state index in [9.17, 15) is 8.42 Å². The number of hydrogen-bond acceptors (Lipinski definition) is 5. The predicted octanol–water partition coefficient (Wildman–Crippen LogP) is 0.229. The quantitative estimate of drug-likeness (QED) is 0.837. The smallest absolute Gasteiger partial charge is 0.152 e. The second-order valence-corrected chi connectivity index (χ2v) is 6.63. The Morgan fingerprint density at radius 3 is 2.76 bits per heavy atom. The van der Waals surface area contributed by atoms with Crippen LogP contribution in [-0.2, 0) is 22.9 Å². The molecule has 0 radical (unpaired) electrons.